The number of rotatable bonds is 6. The summed E-state index contributed by atoms with van der Waals surface area (Å²) in [6, 6.07) is 6.96. The lowest BCUT2D eigenvalue weighted by Crippen LogP contribution is -2.47. The van der Waals surface area contributed by atoms with Gasteiger partial charge in [0.05, 0.1) is 12.1 Å². The first kappa shape index (κ1) is 20.7. The van der Waals surface area contributed by atoms with E-state index in [9.17, 15) is 9.59 Å². The number of nitrogens with one attached hydrogen (secondary N) is 2. The van der Waals surface area contributed by atoms with Crippen LogP contribution in [-0.4, -0.2) is 31.1 Å². The predicted molar refractivity (Wildman–Crippen MR) is 103 cm³/mol. The summed E-state index contributed by atoms with van der Waals surface area (Å²) >= 11 is 0. The molecule has 4 N–H and O–H groups in total. The smallest absolute Gasteiger partial charge is 0.237 e. The Morgan fingerprint density at radius 3 is 2.31 bits per heavy atom. The fourth-order valence-corrected chi connectivity index (χ4v) is 3.13. The van der Waals surface area contributed by atoms with Crippen LogP contribution in [0.5, 0.6) is 0 Å². The zero-order valence-corrected chi connectivity index (χ0v) is 15.9. The number of hydrogen-bond acceptors (Lipinski definition) is 4. The Bertz CT molecular complexity index is 613. The fraction of sp³-hybridized carbons (Fsp3) is 0.579. The summed E-state index contributed by atoms with van der Waals surface area (Å²) in [5.74, 6) is 0.340. The third kappa shape index (κ3) is 5.43. The van der Waals surface area contributed by atoms with Crippen LogP contribution in [0.25, 0.3) is 0 Å². The molecule has 0 aromatic heterocycles. The maximum Gasteiger partial charge on any atom is 0.237 e. The van der Waals surface area contributed by atoms with E-state index in [1.54, 1.807) is 0 Å². The van der Waals surface area contributed by atoms with Gasteiger partial charge in [0, 0.05) is 24.8 Å². The van der Waals surface area contributed by atoms with Gasteiger partial charge in [-0.3, -0.25) is 9.59 Å². The van der Waals surface area contributed by atoms with Crippen molar-refractivity contribution in [1.82, 2.24) is 5.32 Å². The van der Waals surface area contributed by atoms with E-state index in [1.165, 1.54) is 0 Å². The van der Waals surface area contributed by atoms with Crippen molar-refractivity contribution in [3.8, 4) is 0 Å². The van der Waals surface area contributed by atoms with Crippen LogP contribution in [-0.2, 0) is 14.3 Å². The molecule has 1 aromatic carbocycles. The first-order valence-electron chi connectivity index (χ1n) is 9.09. The molecule has 26 heavy (non-hydrogen) atoms. The molecule has 1 aromatic rings. The summed E-state index contributed by atoms with van der Waals surface area (Å²) in [7, 11) is 0. The second kappa shape index (κ2) is 9.35. The Morgan fingerprint density at radius 2 is 1.73 bits per heavy atom. The first-order chi connectivity index (χ1) is 12.0. The summed E-state index contributed by atoms with van der Waals surface area (Å²) in [6.45, 7) is 3.29. The molecular formula is C19H28ClN3O3. The quantitative estimate of drug-likeness (QED) is 0.705. The molecule has 2 unspecified atom stereocenters. The average molecular weight is 382 g/mol. The van der Waals surface area contributed by atoms with Gasteiger partial charge in [0.1, 0.15) is 0 Å². The molecule has 1 aliphatic heterocycles. The summed E-state index contributed by atoms with van der Waals surface area (Å²) in [4.78, 5) is 24.2. The number of carbonyl (C=O) groups is 2. The van der Waals surface area contributed by atoms with Crippen molar-refractivity contribution in [3.63, 3.8) is 0 Å². The van der Waals surface area contributed by atoms with E-state index in [1.807, 2.05) is 31.2 Å². The van der Waals surface area contributed by atoms with E-state index in [-0.39, 0.29) is 42.1 Å². The zero-order valence-electron chi connectivity index (χ0n) is 15.1. The second-order valence-electron chi connectivity index (χ2n) is 7.09. The standard InChI is InChI=1S/C19H27N3O3.ClH/c1-12(21-19(24)17(20)14-8-10-25-11-9-14)13-4-6-16(7-5-13)22-18(23)15-2-3-15;/h4-7,12,14-15,17H,2-3,8-11,20H2,1H3,(H,21,24)(H,22,23);1H. The van der Waals surface area contributed by atoms with Crippen molar-refractivity contribution in [2.24, 2.45) is 17.6 Å². The van der Waals surface area contributed by atoms with Crippen molar-refractivity contribution in [2.75, 3.05) is 18.5 Å². The van der Waals surface area contributed by atoms with Crippen molar-refractivity contribution < 1.29 is 14.3 Å². The number of hydrogen-bond donors (Lipinski definition) is 3. The number of nitrogens with two attached hydrogens (primary N) is 1. The van der Waals surface area contributed by atoms with Crippen LogP contribution in [0.1, 0.15) is 44.2 Å². The van der Waals surface area contributed by atoms with Gasteiger partial charge >= 0.3 is 0 Å². The van der Waals surface area contributed by atoms with Gasteiger partial charge in [-0.25, -0.2) is 0 Å². The highest BCUT2D eigenvalue weighted by molar-refractivity contribution is 5.94. The summed E-state index contributed by atoms with van der Waals surface area (Å²) in [5, 5.41) is 5.90. The number of amides is 2. The third-order valence-electron chi connectivity index (χ3n) is 5.06. The van der Waals surface area contributed by atoms with Crippen molar-refractivity contribution >= 4 is 29.9 Å². The SMILES string of the molecule is CC(NC(=O)C(N)C1CCOCC1)c1ccc(NC(=O)C2CC2)cc1.Cl. The minimum Gasteiger partial charge on any atom is -0.381 e. The highest BCUT2D eigenvalue weighted by Gasteiger charge is 2.29. The molecule has 6 nitrogen and oxygen atoms in total. The van der Waals surface area contributed by atoms with Crippen LogP contribution in [0.15, 0.2) is 24.3 Å². The van der Waals surface area contributed by atoms with Gasteiger partial charge in [0.25, 0.3) is 0 Å². The van der Waals surface area contributed by atoms with Crippen LogP contribution in [0.4, 0.5) is 5.69 Å². The maximum atomic E-state index is 12.4. The number of benzene rings is 1. The Hall–Kier alpha value is -1.63. The lowest BCUT2D eigenvalue weighted by molar-refractivity contribution is -0.125. The van der Waals surface area contributed by atoms with Gasteiger partial charge < -0.3 is 21.1 Å². The normalized spacial score (nSPS) is 19.8. The topological polar surface area (TPSA) is 93.5 Å². The van der Waals surface area contributed by atoms with Crippen LogP contribution < -0.4 is 16.4 Å². The maximum absolute atomic E-state index is 12.4. The lowest BCUT2D eigenvalue weighted by Gasteiger charge is -2.28. The van der Waals surface area contributed by atoms with Crippen molar-refractivity contribution in [2.45, 2.75) is 44.7 Å². The van der Waals surface area contributed by atoms with E-state index in [2.05, 4.69) is 10.6 Å². The molecule has 2 atom stereocenters. The fourth-order valence-electron chi connectivity index (χ4n) is 3.13. The molecule has 1 saturated heterocycles. The van der Waals surface area contributed by atoms with Gasteiger partial charge in [0.15, 0.2) is 0 Å². The summed E-state index contributed by atoms with van der Waals surface area (Å²) in [6.07, 6.45) is 3.64. The molecule has 3 rings (SSSR count). The highest BCUT2D eigenvalue weighted by atomic mass is 35.5. The third-order valence-corrected chi connectivity index (χ3v) is 5.06. The Balaban J connectivity index is 0.00000243. The van der Waals surface area contributed by atoms with E-state index >= 15 is 0 Å². The van der Waals surface area contributed by atoms with Gasteiger partial charge in [-0.2, -0.15) is 0 Å². The van der Waals surface area contributed by atoms with Gasteiger partial charge in [-0.15, -0.1) is 12.4 Å². The summed E-state index contributed by atoms with van der Waals surface area (Å²) < 4.78 is 5.32. The van der Waals surface area contributed by atoms with Gasteiger partial charge in [0.2, 0.25) is 11.8 Å². The number of halogens is 1. The Kier molecular flexibility index (Phi) is 7.43. The van der Waals surface area contributed by atoms with Gasteiger partial charge in [-0.05, 0) is 56.2 Å². The number of ether oxygens (including phenoxy) is 1. The van der Waals surface area contributed by atoms with Crippen molar-refractivity contribution in [1.29, 1.82) is 0 Å². The van der Waals surface area contributed by atoms with Crippen LogP contribution in [0.2, 0.25) is 0 Å². The molecule has 7 heteroatoms. The van der Waals surface area contributed by atoms with Crippen LogP contribution in [0.3, 0.4) is 0 Å². The average Bonchev–Trinajstić information content (AvgIpc) is 3.47. The van der Waals surface area contributed by atoms with E-state index in [4.69, 9.17) is 10.5 Å². The molecule has 0 radical (unpaired) electrons. The van der Waals surface area contributed by atoms with E-state index in [0.717, 1.165) is 36.9 Å². The lowest BCUT2D eigenvalue weighted by atomic mass is 9.91. The first-order valence-corrected chi connectivity index (χ1v) is 9.09. The molecule has 0 bridgehead atoms. The molecule has 0 spiro atoms. The van der Waals surface area contributed by atoms with Crippen molar-refractivity contribution in [3.05, 3.63) is 29.8 Å². The minimum atomic E-state index is -0.497. The summed E-state index contributed by atoms with van der Waals surface area (Å²) in [5.41, 5.74) is 7.89. The van der Waals surface area contributed by atoms with Crippen LogP contribution >= 0.6 is 12.4 Å². The molecule has 2 fully saturated rings. The van der Waals surface area contributed by atoms with E-state index in [0.29, 0.717) is 13.2 Å². The predicted octanol–water partition coefficient (Wildman–Crippen LogP) is 2.39. The minimum absolute atomic E-state index is 0. The zero-order chi connectivity index (χ0) is 17.8. The molecule has 144 valence electrons. The van der Waals surface area contributed by atoms with Crippen LogP contribution in [0, 0.1) is 11.8 Å². The molecule has 1 saturated carbocycles. The Labute approximate surface area is 160 Å². The molecular weight excluding hydrogens is 354 g/mol. The molecule has 2 aliphatic rings. The molecule has 2 amide bonds. The molecule has 1 aliphatic carbocycles. The molecule has 1 heterocycles. The second-order valence-corrected chi connectivity index (χ2v) is 7.09. The van der Waals surface area contributed by atoms with Gasteiger partial charge in [-0.1, -0.05) is 12.1 Å². The largest absolute Gasteiger partial charge is 0.381 e. The monoisotopic (exact) mass is 381 g/mol. The van der Waals surface area contributed by atoms with E-state index < -0.39 is 6.04 Å². The Morgan fingerprint density at radius 1 is 1.12 bits per heavy atom. The number of anilines is 1. The number of carbonyl (C=O) groups excluding carboxylic acids is 2. The highest BCUT2D eigenvalue weighted by Crippen LogP contribution is 2.30.